The fraction of sp³-hybridized carbons (Fsp3) is 0.714. The molecule has 2 rings (SSSR count). The van der Waals surface area contributed by atoms with Crippen LogP contribution < -0.4 is 10.2 Å². The van der Waals surface area contributed by atoms with E-state index in [1.807, 2.05) is 18.7 Å². The molecule has 1 aliphatic heterocycles. The van der Waals surface area contributed by atoms with Crippen molar-refractivity contribution in [3.05, 3.63) is 11.8 Å². The van der Waals surface area contributed by atoms with Crippen molar-refractivity contribution in [2.75, 3.05) is 48.7 Å². The van der Waals surface area contributed by atoms with E-state index in [-0.39, 0.29) is 13.1 Å². The number of rotatable bonds is 6. The molecule has 7 nitrogen and oxygen atoms in total. The van der Waals surface area contributed by atoms with E-state index in [1.165, 1.54) is 0 Å². The minimum absolute atomic E-state index is 0.139. The predicted molar refractivity (Wildman–Crippen MR) is 89.2 cm³/mol. The number of anilines is 2. The Morgan fingerprint density at radius 1 is 1.20 bits per heavy atom. The zero-order chi connectivity index (χ0) is 18.7. The summed E-state index contributed by atoms with van der Waals surface area (Å²) in [6, 6.07) is 1.80. The summed E-state index contributed by atoms with van der Waals surface area (Å²) < 4.78 is 62.0. The third kappa shape index (κ3) is 5.70. The summed E-state index contributed by atoms with van der Waals surface area (Å²) in [5.41, 5.74) is 0.779. The Labute approximate surface area is 145 Å². The van der Waals surface area contributed by atoms with Crippen LogP contribution >= 0.6 is 0 Å². The van der Waals surface area contributed by atoms with Gasteiger partial charge in [-0.05, 0) is 13.8 Å². The molecule has 142 valence electrons. The van der Waals surface area contributed by atoms with Crippen molar-refractivity contribution in [3.63, 3.8) is 0 Å². The number of aryl methyl sites for hydroxylation is 1. The molecule has 1 saturated heterocycles. The van der Waals surface area contributed by atoms with Crippen molar-refractivity contribution in [1.29, 1.82) is 0 Å². The maximum absolute atomic E-state index is 12.3. The summed E-state index contributed by atoms with van der Waals surface area (Å²) in [4.78, 5) is 10.6. The number of halogens is 3. The molecular formula is C14H22F3N5O2S. The van der Waals surface area contributed by atoms with Crippen LogP contribution in [0.1, 0.15) is 19.0 Å². The van der Waals surface area contributed by atoms with Crippen LogP contribution in [-0.4, -0.2) is 67.3 Å². The molecule has 1 fully saturated rings. The van der Waals surface area contributed by atoms with Gasteiger partial charge in [-0.3, -0.25) is 0 Å². The van der Waals surface area contributed by atoms with Crippen LogP contribution in [0.5, 0.6) is 0 Å². The fourth-order valence-corrected chi connectivity index (χ4v) is 3.99. The molecule has 0 saturated carbocycles. The summed E-state index contributed by atoms with van der Waals surface area (Å²) in [7, 11) is -3.91. The van der Waals surface area contributed by atoms with Gasteiger partial charge in [-0.1, -0.05) is 0 Å². The summed E-state index contributed by atoms with van der Waals surface area (Å²) in [6.45, 7) is 5.45. The second kappa shape index (κ2) is 7.73. The number of hydrogen-bond acceptors (Lipinski definition) is 6. The molecular weight excluding hydrogens is 359 g/mol. The average Bonchev–Trinajstić information content (AvgIpc) is 2.52. The van der Waals surface area contributed by atoms with E-state index in [9.17, 15) is 21.6 Å². The zero-order valence-electron chi connectivity index (χ0n) is 14.2. The van der Waals surface area contributed by atoms with Gasteiger partial charge in [-0.15, -0.1) is 0 Å². The Morgan fingerprint density at radius 2 is 1.84 bits per heavy atom. The van der Waals surface area contributed by atoms with Gasteiger partial charge in [0.1, 0.15) is 5.82 Å². The van der Waals surface area contributed by atoms with Crippen LogP contribution in [0.2, 0.25) is 0 Å². The molecule has 0 aromatic carbocycles. The molecule has 0 aliphatic carbocycles. The van der Waals surface area contributed by atoms with Gasteiger partial charge in [0.25, 0.3) is 0 Å². The number of hydrogen-bond donors (Lipinski definition) is 1. The van der Waals surface area contributed by atoms with Gasteiger partial charge >= 0.3 is 6.18 Å². The van der Waals surface area contributed by atoms with Crippen molar-refractivity contribution in [3.8, 4) is 0 Å². The van der Waals surface area contributed by atoms with E-state index in [0.717, 1.165) is 10.00 Å². The summed E-state index contributed by atoms with van der Waals surface area (Å²) in [6.07, 6.45) is -5.80. The Morgan fingerprint density at radius 3 is 2.40 bits per heavy atom. The summed E-state index contributed by atoms with van der Waals surface area (Å²) >= 11 is 0. The number of piperazine rings is 1. The van der Waals surface area contributed by atoms with Crippen LogP contribution in [-0.2, 0) is 10.0 Å². The number of alkyl halides is 3. The molecule has 25 heavy (non-hydrogen) atoms. The smallest absolute Gasteiger partial charge is 0.354 e. The quantitative estimate of drug-likeness (QED) is 0.807. The number of sulfonamides is 1. The first-order chi connectivity index (χ1) is 11.6. The lowest BCUT2D eigenvalue weighted by Crippen LogP contribution is -2.49. The Bertz CT molecular complexity index is 688. The number of nitrogens with one attached hydrogen (secondary N) is 1. The Kier molecular flexibility index (Phi) is 6.09. The van der Waals surface area contributed by atoms with Gasteiger partial charge in [0, 0.05) is 44.5 Å². The first-order valence-electron chi connectivity index (χ1n) is 8.00. The molecule has 1 aromatic heterocycles. The highest BCUT2D eigenvalue weighted by atomic mass is 32.2. The number of nitrogens with zero attached hydrogens (tertiary/aromatic N) is 4. The summed E-state index contributed by atoms with van der Waals surface area (Å²) in [5, 5.41) is 3.03. The van der Waals surface area contributed by atoms with E-state index < -0.39 is 28.4 Å². The van der Waals surface area contributed by atoms with Crippen LogP contribution in [0.15, 0.2) is 6.07 Å². The van der Waals surface area contributed by atoms with Crippen molar-refractivity contribution in [2.45, 2.75) is 26.4 Å². The molecule has 0 radical (unpaired) electrons. The molecule has 1 aromatic rings. The second-order valence-corrected chi connectivity index (χ2v) is 7.88. The highest BCUT2D eigenvalue weighted by Crippen LogP contribution is 2.22. The molecule has 0 bridgehead atoms. The highest BCUT2D eigenvalue weighted by Gasteiger charge is 2.33. The topological polar surface area (TPSA) is 78.4 Å². The lowest BCUT2D eigenvalue weighted by molar-refractivity contribution is -0.130. The summed E-state index contributed by atoms with van der Waals surface area (Å²) in [5.74, 6) is 0.266. The van der Waals surface area contributed by atoms with Crippen molar-refractivity contribution in [2.24, 2.45) is 0 Å². The van der Waals surface area contributed by atoms with Crippen LogP contribution in [0.4, 0.5) is 24.9 Å². The first kappa shape index (κ1) is 19.7. The average molecular weight is 381 g/mol. The van der Waals surface area contributed by atoms with Gasteiger partial charge in [0.05, 0.1) is 12.2 Å². The molecule has 2 heterocycles. The van der Waals surface area contributed by atoms with Crippen molar-refractivity contribution in [1.82, 2.24) is 14.3 Å². The Hall–Kier alpha value is -1.62. The third-order valence-electron chi connectivity index (χ3n) is 3.78. The van der Waals surface area contributed by atoms with E-state index in [4.69, 9.17) is 0 Å². The maximum Gasteiger partial charge on any atom is 0.390 e. The molecule has 0 spiro atoms. The van der Waals surface area contributed by atoms with Gasteiger partial charge in [-0.25, -0.2) is 13.4 Å². The number of aromatic nitrogens is 2. The van der Waals surface area contributed by atoms with E-state index in [0.29, 0.717) is 31.4 Å². The molecule has 1 N–H and O–H groups in total. The van der Waals surface area contributed by atoms with Crippen molar-refractivity contribution >= 4 is 21.8 Å². The van der Waals surface area contributed by atoms with Gasteiger partial charge in [0.15, 0.2) is 0 Å². The van der Waals surface area contributed by atoms with E-state index in [2.05, 4.69) is 15.3 Å². The predicted octanol–water partition coefficient (Wildman–Crippen LogP) is 1.62. The molecule has 0 amide bonds. The van der Waals surface area contributed by atoms with Crippen molar-refractivity contribution < 1.29 is 21.6 Å². The zero-order valence-corrected chi connectivity index (χ0v) is 15.0. The monoisotopic (exact) mass is 381 g/mol. The van der Waals surface area contributed by atoms with E-state index in [1.54, 1.807) is 6.07 Å². The van der Waals surface area contributed by atoms with Gasteiger partial charge < -0.3 is 10.2 Å². The Balaban J connectivity index is 1.99. The normalized spacial score (nSPS) is 16.9. The van der Waals surface area contributed by atoms with E-state index >= 15 is 0 Å². The van der Waals surface area contributed by atoms with Gasteiger partial charge in [0.2, 0.25) is 16.0 Å². The SMILES string of the molecule is CCNc1nc(C)cc(N2CCN(S(=O)(=O)CCC(F)(F)F)CC2)n1. The third-order valence-corrected chi connectivity index (χ3v) is 5.65. The fourth-order valence-electron chi connectivity index (χ4n) is 2.52. The highest BCUT2D eigenvalue weighted by molar-refractivity contribution is 7.89. The molecule has 0 atom stereocenters. The maximum atomic E-state index is 12.3. The minimum Gasteiger partial charge on any atom is -0.354 e. The largest absolute Gasteiger partial charge is 0.390 e. The van der Waals surface area contributed by atoms with Gasteiger partial charge in [-0.2, -0.15) is 22.5 Å². The molecule has 0 unspecified atom stereocenters. The molecule has 11 heteroatoms. The van der Waals surface area contributed by atoms with Crippen LogP contribution in [0, 0.1) is 6.92 Å². The minimum atomic E-state index is -4.48. The van der Waals surface area contributed by atoms with Crippen LogP contribution in [0.25, 0.3) is 0 Å². The lowest BCUT2D eigenvalue weighted by atomic mass is 10.3. The lowest BCUT2D eigenvalue weighted by Gasteiger charge is -2.34. The second-order valence-electron chi connectivity index (χ2n) is 5.79. The molecule has 1 aliphatic rings. The van der Waals surface area contributed by atoms with Crippen LogP contribution in [0.3, 0.4) is 0 Å². The first-order valence-corrected chi connectivity index (χ1v) is 9.61. The standard InChI is InChI=1S/C14H22F3N5O2S/c1-3-18-13-19-11(2)10-12(20-13)21-5-7-22(8-6-21)25(23,24)9-4-14(15,16)17/h10H,3-9H2,1-2H3,(H,18,19,20).